The predicted molar refractivity (Wildman–Crippen MR) is 69.0 cm³/mol. The molecule has 2 N–H and O–H groups in total. The van der Waals surface area contributed by atoms with Gasteiger partial charge in [0.2, 0.25) is 5.91 Å². The molecule has 2 amide bonds. The maximum Gasteiger partial charge on any atom is 0.257 e. The van der Waals surface area contributed by atoms with E-state index in [9.17, 15) is 14.0 Å². The van der Waals surface area contributed by atoms with Crippen LogP contribution in [0.5, 0.6) is 0 Å². The zero-order valence-electron chi connectivity index (χ0n) is 10.7. The maximum atomic E-state index is 13.6. The number of hydrogen-bond acceptors (Lipinski definition) is 3. The number of nitrogens with two attached hydrogens (primary N) is 1. The van der Waals surface area contributed by atoms with Crippen LogP contribution >= 0.6 is 0 Å². The van der Waals surface area contributed by atoms with Crippen molar-refractivity contribution in [1.29, 1.82) is 0 Å². The number of anilines is 1. The summed E-state index contributed by atoms with van der Waals surface area (Å²) in [5, 5.41) is 0. The molecular formula is C13H16FN3O2. The first-order chi connectivity index (χ1) is 8.99. The van der Waals surface area contributed by atoms with E-state index in [2.05, 4.69) is 0 Å². The lowest BCUT2D eigenvalue weighted by Gasteiger charge is -2.34. The van der Waals surface area contributed by atoms with E-state index in [1.807, 2.05) is 0 Å². The fourth-order valence-electron chi connectivity index (χ4n) is 2.10. The van der Waals surface area contributed by atoms with Gasteiger partial charge in [0.1, 0.15) is 5.82 Å². The van der Waals surface area contributed by atoms with Gasteiger partial charge in [-0.15, -0.1) is 0 Å². The van der Waals surface area contributed by atoms with E-state index in [0.717, 1.165) is 0 Å². The fourth-order valence-corrected chi connectivity index (χ4v) is 2.10. The van der Waals surface area contributed by atoms with Crippen molar-refractivity contribution >= 4 is 17.5 Å². The van der Waals surface area contributed by atoms with Crippen molar-refractivity contribution in [2.45, 2.75) is 6.92 Å². The molecule has 6 heteroatoms. The molecular weight excluding hydrogens is 249 g/mol. The van der Waals surface area contributed by atoms with Crippen molar-refractivity contribution in [3.8, 4) is 0 Å². The lowest BCUT2D eigenvalue weighted by molar-refractivity contribution is -0.130. The summed E-state index contributed by atoms with van der Waals surface area (Å²) in [6.07, 6.45) is 0. The Morgan fingerprint density at radius 2 is 1.74 bits per heavy atom. The Bertz CT molecular complexity index is 511. The Hall–Kier alpha value is -2.11. The molecule has 0 bridgehead atoms. The molecule has 1 aromatic carbocycles. The molecule has 2 rings (SSSR count). The zero-order valence-corrected chi connectivity index (χ0v) is 10.7. The van der Waals surface area contributed by atoms with Crippen LogP contribution in [0.25, 0.3) is 0 Å². The van der Waals surface area contributed by atoms with Gasteiger partial charge in [-0.3, -0.25) is 9.59 Å². The third kappa shape index (κ3) is 2.83. The van der Waals surface area contributed by atoms with E-state index in [1.54, 1.807) is 4.90 Å². The predicted octanol–water partition coefficient (Wildman–Crippen LogP) is 0.712. The van der Waals surface area contributed by atoms with Crippen LogP contribution in [0, 0.1) is 5.82 Å². The lowest BCUT2D eigenvalue weighted by atomic mass is 10.1. The van der Waals surface area contributed by atoms with E-state index < -0.39 is 5.82 Å². The van der Waals surface area contributed by atoms with Gasteiger partial charge in [-0.25, -0.2) is 4.39 Å². The highest BCUT2D eigenvalue weighted by Crippen LogP contribution is 2.15. The SMILES string of the molecule is CC(=O)N1CCN(C(=O)c2cc(N)ccc2F)CC1. The monoisotopic (exact) mass is 265 g/mol. The summed E-state index contributed by atoms with van der Waals surface area (Å²) >= 11 is 0. The molecule has 0 spiro atoms. The zero-order chi connectivity index (χ0) is 14.0. The van der Waals surface area contributed by atoms with Crippen molar-refractivity contribution in [3.63, 3.8) is 0 Å². The topological polar surface area (TPSA) is 66.6 Å². The van der Waals surface area contributed by atoms with Gasteiger partial charge in [-0.2, -0.15) is 0 Å². The Kier molecular flexibility index (Phi) is 3.69. The molecule has 0 saturated carbocycles. The fraction of sp³-hybridized carbons (Fsp3) is 0.385. The lowest BCUT2D eigenvalue weighted by Crippen LogP contribution is -2.50. The van der Waals surface area contributed by atoms with Gasteiger partial charge in [-0.1, -0.05) is 0 Å². The summed E-state index contributed by atoms with van der Waals surface area (Å²) in [5.41, 5.74) is 5.90. The minimum atomic E-state index is -0.576. The number of hydrogen-bond donors (Lipinski definition) is 1. The molecule has 1 saturated heterocycles. The van der Waals surface area contributed by atoms with Crippen molar-refractivity contribution in [1.82, 2.24) is 9.80 Å². The third-order valence-electron chi connectivity index (χ3n) is 3.23. The first-order valence-electron chi connectivity index (χ1n) is 6.09. The van der Waals surface area contributed by atoms with Crippen molar-refractivity contribution in [2.75, 3.05) is 31.9 Å². The average molecular weight is 265 g/mol. The van der Waals surface area contributed by atoms with Crippen molar-refractivity contribution in [2.24, 2.45) is 0 Å². The first-order valence-corrected chi connectivity index (χ1v) is 6.09. The maximum absolute atomic E-state index is 13.6. The van der Waals surface area contributed by atoms with Gasteiger partial charge in [0.15, 0.2) is 0 Å². The van der Waals surface area contributed by atoms with E-state index in [0.29, 0.717) is 31.9 Å². The Balaban J connectivity index is 2.09. The molecule has 19 heavy (non-hydrogen) atoms. The second-order valence-electron chi connectivity index (χ2n) is 4.54. The number of benzene rings is 1. The van der Waals surface area contributed by atoms with Crippen LogP contribution in [0.1, 0.15) is 17.3 Å². The van der Waals surface area contributed by atoms with Crippen molar-refractivity contribution in [3.05, 3.63) is 29.6 Å². The van der Waals surface area contributed by atoms with Crippen LogP contribution in [-0.4, -0.2) is 47.8 Å². The summed E-state index contributed by atoms with van der Waals surface area (Å²) in [7, 11) is 0. The molecule has 0 aliphatic carbocycles. The average Bonchev–Trinajstić information content (AvgIpc) is 2.41. The van der Waals surface area contributed by atoms with Crippen LogP contribution in [0.2, 0.25) is 0 Å². The van der Waals surface area contributed by atoms with Gasteiger partial charge in [-0.05, 0) is 18.2 Å². The molecule has 1 aliphatic heterocycles. The summed E-state index contributed by atoms with van der Waals surface area (Å²) in [4.78, 5) is 26.6. The van der Waals surface area contributed by atoms with Gasteiger partial charge < -0.3 is 15.5 Å². The number of amides is 2. The number of carbonyl (C=O) groups excluding carboxylic acids is 2. The summed E-state index contributed by atoms with van der Waals surface area (Å²) in [5.74, 6) is -0.969. The Morgan fingerprint density at radius 1 is 1.16 bits per heavy atom. The molecule has 0 unspecified atom stereocenters. The van der Waals surface area contributed by atoms with Gasteiger partial charge in [0.25, 0.3) is 5.91 Å². The third-order valence-corrected chi connectivity index (χ3v) is 3.23. The molecule has 0 atom stereocenters. The Morgan fingerprint density at radius 3 is 2.32 bits per heavy atom. The molecule has 102 valence electrons. The molecule has 1 fully saturated rings. The van der Waals surface area contributed by atoms with Crippen LogP contribution in [0.15, 0.2) is 18.2 Å². The van der Waals surface area contributed by atoms with Crippen LogP contribution < -0.4 is 5.73 Å². The number of rotatable bonds is 1. The highest BCUT2D eigenvalue weighted by atomic mass is 19.1. The number of nitrogens with zero attached hydrogens (tertiary/aromatic N) is 2. The largest absolute Gasteiger partial charge is 0.399 e. The number of carbonyl (C=O) groups is 2. The summed E-state index contributed by atoms with van der Waals surface area (Å²) in [6, 6.07) is 3.95. The highest BCUT2D eigenvalue weighted by Gasteiger charge is 2.24. The van der Waals surface area contributed by atoms with Crippen LogP contribution in [0.3, 0.4) is 0 Å². The van der Waals surface area contributed by atoms with E-state index in [-0.39, 0.29) is 17.4 Å². The smallest absolute Gasteiger partial charge is 0.257 e. The Labute approximate surface area is 110 Å². The second-order valence-corrected chi connectivity index (χ2v) is 4.54. The normalized spacial score (nSPS) is 15.5. The molecule has 0 aromatic heterocycles. The van der Waals surface area contributed by atoms with Crippen molar-refractivity contribution < 1.29 is 14.0 Å². The number of nitrogen functional groups attached to an aromatic ring is 1. The first kappa shape index (κ1) is 13.3. The second kappa shape index (κ2) is 5.26. The van der Waals surface area contributed by atoms with E-state index >= 15 is 0 Å². The van der Waals surface area contributed by atoms with Crippen LogP contribution in [0.4, 0.5) is 10.1 Å². The molecule has 1 heterocycles. The molecule has 1 aliphatic rings. The summed E-state index contributed by atoms with van der Waals surface area (Å²) in [6.45, 7) is 3.27. The number of halogens is 1. The van der Waals surface area contributed by atoms with Crippen LogP contribution in [-0.2, 0) is 4.79 Å². The minimum Gasteiger partial charge on any atom is -0.399 e. The molecule has 1 aromatic rings. The summed E-state index contributed by atoms with van der Waals surface area (Å²) < 4.78 is 13.6. The number of piperazine rings is 1. The quantitative estimate of drug-likeness (QED) is 0.761. The van der Waals surface area contributed by atoms with Gasteiger partial charge >= 0.3 is 0 Å². The van der Waals surface area contributed by atoms with Gasteiger partial charge in [0.05, 0.1) is 5.56 Å². The molecule has 5 nitrogen and oxygen atoms in total. The van der Waals surface area contributed by atoms with E-state index in [4.69, 9.17) is 5.73 Å². The van der Waals surface area contributed by atoms with Gasteiger partial charge in [0, 0.05) is 38.8 Å². The minimum absolute atomic E-state index is 0.0118. The standard InChI is InChI=1S/C13H16FN3O2/c1-9(18)16-4-6-17(7-5-16)13(19)11-8-10(15)2-3-12(11)14/h2-3,8H,4-7,15H2,1H3. The molecule has 0 radical (unpaired) electrons. The highest BCUT2D eigenvalue weighted by molar-refractivity contribution is 5.95. The van der Waals surface area contributed by atoms with E-state index in [1.165, 1.54) is 30.0 Å².